The van der Waals surface area contributed by atoms with E-state index in [1.165, 1.54) is 0 Å². The van der Waals surface area contributed by atoms with Gasteiger partial charge in [-0.25, -0.2) is 13.1 Å². The quantitative estimate of drug-likeness (QED) is 0.613. The molecule has 6 heteroatoms. The van der Waals surface area contributed by atoms with Crippen molar-refractivity contribution in [1.29, 1.82) is 0 Å². The average molecular weight is 414 g/mol. The van der Waals surface area contributed by atoms with Crippen LogP contribution in [0.4, 0.5) is 0 Å². The van der Waals surface area contributed by atoms with Gasteiger partial charge >= 0.3 is 0 Å². The summed E-state index contributed by atoms with van der Waals surface area (Å²) in [6.07, 6.45) is 0.463. The fourth-order valence-corrected chi connectivity index (χ4v) is 5.45. The number of aryl methyl sites for hydroxylation is 1. The lowest BCUT2D eigenvalue weighted by Crippen LogP contribution is -2.40. The third-order valence-corrected chi connectivity index (χ3v) is 7.38. The van der Waals surface area contributed by atoms with Crippen LogP contribution in [0.15, 0.2) is 94.7 Å². The van der Waals surface area contributed by atoms with Gasteiger partial charge in [-0.05, 0) is 43.2 Å². The van der Waals surface area contributed by atoms with Gasteiger partial charge in [0.25, 0.3) is 0 Å². The van der Waals surface area contributed by atoms with E-state index in [1.807, 2.05) is 55.5 Å². The van der Waals surface area contributed by atoms with Crippen LogP contribution in [0.1, 0.15) is 11.1 Å². The molecule has 0 radical (unpaired) electrons. The molecule has 0 saturated carbocycles. The minimum absolute atomic E-state index is 0.198. The summed E-state index contributed by atoms with van der Waals surface area (Å²) in [5, 5.41) is 0. The Morgan fingerprint density at radius 3 is 2.04 bits per heavy atom. The van der Waals surface area contributed by atoms with Gasteiger partial charge in [-0.1, -0.05) is 66.2 Å². The number of rotatable bonds is 8. The Kier molecular flexibility index (Phi) is 6.78. The van der Waals surface area contributed by atoms with E-state index in [2.05, 4.69) is 4.72 Å². The largest absolute Gasteiger partial charge is 0.254 e. The molecule has 3 aromatic carbocycles. The molecule has 0 spiro atoms. The molecule has 0 saturated heterocycles. The summed E-state index contributed by atoms with van der Waals surface area (Å²) in [5.41, 5.74) is 1.98. The highest BCUT2D eigenvalue weighted by molar-refractivity contribution is 7.89. The first-order valence-electron chi connectivity index (χ1n) is 9.00. The summed E-state index contributed by atoms with van der Waals surface area (Å²) in [5.74, 6) is 0.198. The van der Waals surface area contributed by atoms with Gasteiger partial charge in [-0.15, -0.1) is 0 Å². The van der Waals surface area contributed by atoms with Gasteiger partial charge in [0.15, 0.2) is 0 Å². The molecule has 28 heavy (non-hydrogen) atoms. The molecule has 2 atom stereocenters. The van der Waals surface area contributed by atoms with Crippen molar-refractivity contribution in [2.75, 3.05) is 5.75 Å². The highest BCUT2D eigenvalue weighted by Gasteiger charge is 2.22. The van der Waals surface area contributed by atoms with E-state index in [0.717, 1.165) is 11.1 Å². The molecule has 0 aromatic heterocycles. The smallest absolute Gasteiger partial charge is 0.240 e. The van der Waals surface area contributed by atoms with Crippen molar-refractivity contribution >= 4 is 20.8 Å². The van der Waals surface area contributed by atoms with Crippen molar-refractivity contribution in [3.8, 4) is 0 Å². The number of hydrogen-bond acceptors (Lipinski definition) is 3. The summed E-state index contributed by atoms with van der Waals surface area (Å²) >= 11 is 0. The van der Waals surface area contributed by atoms with Crippen LogP contribution in [0.2, 0.25) is 0 Å². The molecule has 4 nitrogen and oxygen atoms in total. The zero-order valence-electron chi connectivity index (χ0n) is 15.6. The Morgan fingerprint density at radius 1 is 0.857 bits per heavy atom. The van der Waals surface area contributed by atoms with Crippen LogP contribution >= 0.6 is 0 Å². The topological polar surface area (TPSA) is 63.2 Å². The lowest BCUT2D eigenvalue weighted by atomic mass is 10.1. The second-order valence-electron chi connectivity index (χ2n) is 6.65. The van der Waals surface area contributed by atoms with Gasteiger partial charge in [0.05, 0.1) is 15.7 Å². The molecule has 0 fully saturated rings. The maximum atomic E-state index is 12.9. The monoisotopic (exact) mass is 413 g/mol. The van der Waals surface area contributed by atoms with Crippen LogP contribution in [0.5, 0.6) is 0 Å². The zero-order chi connectivity index (χ0) is 20.0. The lowest BCUT2D eigenvalue weighted by molar-refractivity contribution is 0.560. The summed E-state index contributed by atoms with van der Waals surface area (Å²) in [7, 11) is -5.02. The molecule has 0 aliphatic rings. The van der Waals surface area contributed by atoms with E-state index in [9.17, 15) is 12.6 Å². The molecule has 0 aliphatic carbocycles. The van der Waals surface area contributed by atoms with Crippen LogP contribution in [0, 0.1) is 6.92 Å². The first-order valence-corrected chi connectivity index (χ1v) is 11.8. The van der Waals surface area contributed by atoms with E-state index in [-0.39, 0.29) is 10.6 Å². The van der Waals surface area contributed by atoms with Crippen LogP contribution in [-0.2, 0) is 27.2 Å². The highest BCUT2D eigenvalue weighted by Crippen LogP contribution is 2.15. The number of benzene rings is 3. The van der Waals surface area contributed by atoms with Gasteiger partial charge < -0.3 is 0 Å². The summed E-state index contributed by atoms with van der Waals surface area (Å²) in [6, 6.07) is 25.0. The minimum Gasteiger partial charge on any atom is -0.254 e. The Labute approximate surface area is 169 Å². The van der Waals surface area contributed by atoms with Crippen LogP contribution in [0.3, 0.4) is 0 Å². The molecule has 146 valence electrons. The Balaban J connectivity index is 1.83. The second-order valence-corrected chi connectivity index (χ2v) is 9.86. The van der Waals surface area contributed by atoms with E-state index in [1.54, 1.807) is 36.4 Å². The predicted molar refractivity (Wildman–Crippen MR) is 113 cm³/mol. The lowest BCUT2D eigenvalue weighted by Gasteiger charge is -2.19. The standard InChI is InChI=1S/C22H23NO3S2/c1-18-12-14-22(15-13-18)28(25,26)23-20(16-19-8-4-2-5-9-19)17-27(24)21-10-6-3-7-11-21/h2-15,20,23H,16-17H2,1H3/t20-,27?/m0/s1. The van der Waals surface area contributed by atoms with E-state index in [0.29, 0.717) is 11.3 Å². The van der Waals surface area contributed by atoms with Crippen molar-refractivity contribution in [1.82, 2.24) is 4.72 Å². The number of sulfonamides is 1. The van der Waals surface area contributed by atoms with Crippen LogP contribution in [-0.4, -0.2) is 24.4 Å². The molecule has 0 aliphatic heterocycles. The molecule has 1 unspecified atom stereocenters. The molecule has 0 heterocycles. The molecular weight excluding hydrogens is 390 g/mol. The van der Waals surface area contributed by atoms with Gasteiger partial charge in [0.1, 0.15) is 0 Å². The Hall–Kier alpha value is -2.28. The fourth-order valence-electron chi connectivity index (χ4n) is 2.89. The fraction of sp³-hybridized carbons (Fsp3) is 0.182. The summed E-state index contributed by atoms with van der Waals surface area (Å²) in [4.78, 5) is 0.900. The van der Waals surface area contributed by atoms with E-state index >= 15 is 0 Å². The molecule has 3 rings (SSSR count). The van der Waals surface area contributed by atoms with E-state index < -0.39 is 26.9 Å². The molecule has 3 aromatic rings. The third-order valence-electron chi connectivity index (χ3n) is 4.34. The molecule has 0 amide bonds. The molecule has 1 N–H and O–H groups in total. The van der Waals surface area contributed by atoms with Crippen LogP contribution in [0.25, 0.3) is 0 Å². The SMILES string of the molecule is Cc1ccc(S(=O)(=O)N[C@@H](Cc2ccccc2)CS(=O)c2ccccc2)cc1. The van der Waals surface area contributed by atoms with Crippen molar-refractivity contribution in [2.24, 2.45) is 0 Å². The van der Waals surface area contributed by atoms with Gasteiger partial charge in [-0.2, -0.15) is 0 Å². The first kappa shape index (κ1) is 20.5. The minimum atomic E-state index is -3.71. The first-order chi connectivity index (χ1) is 13.4. The normalized spacial score (nSPS) is 13.8. The highest BCUT2D eigenvalue weighted by atomic mass is 32.2. The second kappa shape index (κ2) is 9.28. The third kappa shape index (κ3) is 5.61. The molecule has 0 bridgehead atoms. The Bertz CT molecular complexity index is 1020. The van der Waals surface area contributed by atoms with Gasteiger partial charge in [0, 0.05) is 16.7 Å². The number of nitrogens with one attached hydrogen (secondary N) is 1. The predicted octanol–water partition coefficient (Wildman–Crippen LogP) is 3.69. The maximum absolute atomic E-state index is 12.9. The summed E-state index contributed by atoms with van der Waals surface area (Å²) < 4.78 is 41.3. The van der Waals surface area contributed by atoms with Gasteiger partial charge in [0.2, 0.25) is 10.0 Å². The van der Waals surface area contributed by atoms with Crippen LogP contribution < -0.4 is 4.72 Å². The van der Waals surface area contributed by atoms with Crippen molar-refractivity contribution in [3.63, 3.8) is 0 Å². The van der Waals surface area contributed by atoms with Crippen molar-refractivity contribution in [2.45, 2.75) is 29.2 Å². The maximum Gasteiger partial charge on any atom is 0.240 e. The average Bonchev–Trinajstić information content (AvgIpc) is 2.69. The van der Waals surface area contributed by atoms with Gasteiger partial charge in [-0.3, -0.25) is 4.21 Å². The van der Waals surface area contributed by atoms with Crippen molar-refractivity contribution < 1.29 is 12.6 Å². The molecular formula is C22H23NO3S2. The van der Waals surface area contributed by atoms with E-state index in [4.69, 9.17) is 0 Å². The Morgan fingerprint density at radius 2 is 1.43 bits per heavy atom. The van der Waals surface area contributed by atoms with Crippen molar-refractivity contribution in [3.05, 3.63) is 96.1 Å². The number of hydrogen-bond donors (Lipinski definition) is 1. The summed E-state index contributed by atoms with van der Waals surface area (Å²) in [6.45, 7) is 1.91. The zero-order valence-corrected chi connectivity index (χ0v) is 17.2.